The summed E-state index contributed by atoms with van der Waals surface area (Å²) in [6.07, 6.45) is 4.41. The highest BCUT2D eigenvalue weighted by Gasteiger charge is 2.16. The lowest BCUT2D eigenvalue weighted by molar-refractivity contribution is 0.233. The van der Waals surface area contributed by atoms with E-state index >= 15 is 0 Å². The van der Waals surface area contributed by atoms with Crippen LogP contribution in [-0.2, 0) is 6.54 Å². The number of fused-ring (bicyclic) bond motifs is 1. The molecule has 0 radical (unpaired) electrons. The first kappa shape index (κ1) is 15.7. The number of piperidine rings is 1. The maximum absolute atomic E-state index is 4.50. The summed E-state index contributed by atoms with van der Waals surface area (Å²) >= 11 is 1.71. The highest BCUT2D eigenvalue weighted by molar-refractivity contribution is 7.18. The van der Waals surface area contributed by atoms with Crippen molar-refractivity contribution in [3.8, 4) is 5.69 Å². The Hall–Kier alpha value is -1.83. The van der Waals surface area contributed by atoms with Crippen LogP contribution in [0, 0.1) is 6.92 Å². The molecule has 4 rings (SSSR count). The number of aryl methyl sites for hydroxylation is 1. The highest BCUT2D eigenvalue weighted by Crippen LogP contribution is 2.24. The van der Waals surface area contributed by atoms with Crippen molar-refractivity contribution >= 4 is 21.6 Å². The molecular weight excluding hydrogens is 320 g/mol. The van der Waals surface area contributed by atoms with Gasteiger partial charge in [-0.3, -0.25) is 0 Å². The Bertz CT molecular complexity index is 831. The molecule has 0 atom stereocenters. The molecule has 0 saturated carbocycles. The second-order valence-corrected chi connectivity index (χ2v) is 7.73. The number of benzene rings is 1. The van der Waals surface area contributed by atoms with Gasteiger partial charge < -0.3 is 10.2 Å². The molecule has 0 unspecified atom stereocenters. The van der Waals surface area contributed by atoms with Crippen LogP contribution in [0.4, 0.5) is 0 Å². The summed E-state index contributed by atoms with van der Waals surface area (Å²) in [5, 5.41) is 13.3. The predicted octanol–water partition coefficient (Wildman–Crippen LogP) is 2.37. The number of hydrogen-bond donors (Lipinski definition) is 1. The van der Waals surface area contributed by atoms with E-state index in [1.165, 1.54) is 30.6 Å². The largest absolute Gasteiger partial charge is 0.308 e. The van der Waals surface area contributed by atoms with Crippen LogP contribution >= 0.6 is 11.3 Å². The lowest BCUT2D eigenvalue weighted by Crippen LogP contribution is -2.40. The van der Waals surface area contributed by atoms with E-state index in [1.54, 1.807) is 11.3 Å². The van der Waals surface area contributed by atoms with Gasteiger partial charge in [-0.1, -0.05) is 5.21 Å². The van der Waals surface area contributed by atoms with Gasteiger partial charge in [-0.25, -0.2) is 9.67 Å². The maximum Gasteiger partial charge on any atom is 0.0969 e. The van der Waals surface area contributed by atoms with Gasteiger partial charge in [0.1, 0.15) is 0 Å². The van der Waals surface area contributed by atoms with Crippen molar-refractivity contribution in [2.24, 2.45) is 0 Å². The van der Waals surface area contributed by atoms with Crippen molar-refractivity contribution < 1.29 is 0 Å². The molecule has 1 fully saturated rings. The van der Waals surface area contributed by atoms with Crippen LogP contribution in [0.1, 0.15) is 23.5 Å². The van der Waals surface area contributed by atoms with Gasteiger partial charge in [0.15, 0.2) is 0 Å². The molecule has 3 heterocycles. The third-order valence-electron chi connectivity index (χ3n) is 4.57. The minimum atomic E-state index is 0.586. The van der Waals surface area contributed by atoms with Crippen molar-refractivity contribution in [3.05, 3.63) is 35.1 Å². The monoisotopic (exact) mass is 342 g/mol. The molecule has 1 saturated heterocycles. The number of nitrogens with zero attached hydrogens (tertiary/aromatic N) is 5. The molecule has 0 aliphatic carbocycles. The second-order valence-electron chi connectivity index (χ2n) is 6.50. The molecule has 0 spiro atoms. The van der Waals surface area contributed by atoms with E-state index in [-0.39, 0.29) is 0 Å². The molecule has 1 aromatic carbocycles. The van der Waals surface area contributed by atoms with Crippen molar-refractivity contribution in [1.29, 1.82) is 0 Å². The first-order chi connectivity index (χ1) is 11.7. The van der Waals surface area contributed by atoms with E-state index < -0.39 is 0 Å². The minimum absolute atomic E-state index is 0.586. The zero-order chi connectivity index (χ0) is 16.5. The molecule has 6 nitrogen and oxygen atoms in total. The van der Waals surface area contributed by atoms with Crippen LogP contribution in [0.15, 0.2) is 24.4 Å². The summed E-state index contributed by atoms with van der Waals surface area (Å²) < 4.78 is 3.03. The third kappa shape index (κ3) is 3.33. The lowest BCUT2D eigenvalue weighted by Gasteiger charge is -2.29. The molecule has 1 aliphatic rings. The van der Waals surface area contributed by atoms with Crippen molar-refractivity contribution in [2.45, 2.75) is 32.4 Å². The summed E-state index contributed by atoms with van der Waals surface area (Å²) in [4.78, 5) is 6.88. The predicted molar refractivity (Wildman–Crippen MR) is 96.6 cm³/mol. The topological polar surface area (TPSA) is 58.9 Å². The Kier molecular flexibility index (Phi) is 4.30. The van der Waals surface area contributed by atoms with Crippen molar-refractivity contribution in [3.63, 3.8) is 0 Å². The second kappa shape index (κ2) is 6.58. The molecule has 126 valence electrons. The average Bonchev–Trinajstić information content (AvgIpc) is 3.19. The first-order valence-electron chi connectivity index (χ1n) is 8.38. The van der Waals surface area contributed by atoms with E-state index in [0.717, 1.165) is 28.5 Å². The number of nitrogens with one attached hydrogen (secondary N) is 1. The summed E-state index contributed by atoms with van der Waals surface area (Å²) in [5.74, 6) is 0. The standard InChI is InChI=1S/C17H22N6S/c1-12-19-16-4-3-15(9-17(16)24-12)23-11-14(20-21-23)10-18-13-5-7-22(2)8-6-13/h3-4,9,11,13,18H,5-8,10H2,1-2H3. The van der Waals surface area contributed by atoms with Gasteiger partial charge in [0, 0.05) is 12.6 Å². The average molecular weight is 342 g/mol. The number of rotatable bonds is 4. The molecule has 1 aliphatic heterocycles. The molecule has 24 heavy (non-hydrogen) atoms. The van der Waals surface area contributed by atoms with Gasteiger partial charge in [0.05, 0.1) is 32.8 Å². The summed E-state index contributed by atoms with van der Waals surface area (Å²) in [6, 6.07) is 6.81. The zero-order valence-electron chi connectivity index (χ0n) is 14.1. The number of likely N-dealkylation sites (tertiary alicyclic amines) is 1. The summed E-state index contributed by atoms with van der Waals surface area (Å²) in [6.45, 7) is 5.14. The van der Waals surface area contributed by atoms with Gasteiger partial charge in [-0.05, 0) is 58.1 Å². The molecule has 0 bridgehead atoms. The molecule has 0 amide bonds. The van der Waals surface area contributed by atoms with Crippen LogP contribution in [0.3, 0.4) is 0 Å². The highest BCUT2D eigenvalue weighted by atomic mass is 32.1. The third-order valence-corrected chi connectivity index (χ3v) is 5.51. The van der Waals surface area contributed by atoms with E-state index in [2.05, 4.69) is 38.6 Å². The van der Waals surface area contributed by atoms with E-state index in [9.17, 15) is 0 Å². The molecule has 3 aromatic rings. The summed E-state index contributed by atoms with van der Waals surface area (Å²) in [5.41, 5.74) is 3.06. The Labute approximate surface area is 145 Å². The Morgan fingerprint density at radius 2 is 2.12 bits per heavy atom. The molecule has 2 aromatic heterocycles. The SMILES string of the molecule is Cc1nc2ccc(-n3cc(CNC4CCN(C)CC4)nn3)cc2s1. The first-order valence-corrected chi connectivity index (χ1v) is 9.20. The van der Waals surface area contributed by atoms with Crippen LogP contribution in [0.2, 0.25) is 0 Å². The number of hydrogen-bond acceptors (Lipinski definition) is 6. The minimum Gasteiger partial charge on any atom is -0.308 e. The number of aromatic nitrogens is 4. The van der Waals surface area contributed by atoms with Crippen molar-refractivity contribution in [2.75, 3.05) is 20.1 Å². The van der Waals surface area contributed by atoms with Crippen LogP contribution < -0.4 is 5.32 Å². The Morgan fingerprint density at radius 3 is 2.96 bits per heavy atom. The van der Waals surface area contributed by atoms with E-state index in [4.69, 9.17) is 0 Å². The van der Waals surface area contributed by atoms with Gasteiger partial charge in [0.2, 0.25) is 0 Å². The quantitative estimate of drug-likeness (QED) is 0.789. The van der Waals surface area contributed by atoms with Crippen LogP contribution in [0.5, 0.6) is 0 Å². The van der Waals surface area contributed by atoms with Crippen LogP contribution in [-0.4, -0.2) is 51.1 Å². The Morgan fingerprint density at radius 1 is 1.29 bits per heavy atom. The molecular formula is C17H22N6S. The van der Waals surface area contributed by atoms with Crippen molar-refractivity contribution in [1.82, 2.24) is 30.2 Å². The fraction of sp³-hybridized carbons (Fsp3) is 0.471. The fourth-order valence-electron chi connectivity index (χ4n) is 3.14. The molecule has 1 N–H and O–H groups in total. The molecule has 7 heteroatoms. The zero-order valence-corrected chi connectivity index (χ0v) is 14.9. The Balaban J connectivity index is 1.43. The normalized spacial score (nSPS) is 16.9. The van der Waals surface area contributed by atoms with Gasteiger partial charge >= 0.3 is 0 Å². The maximum atomic E-state index is 4.50. The van der Waals surface area contributed by atoms with Gasteiger partial charge in [0.25, 0.3) is 0 Å². The summed E-state index contributed by atoms with van der Waals surface area (Å²) in [7, 11) is 2.18. The van der Waals surface area contributed by atoms with Gasteiger partial charge in [-0.2, -0.15) is 0 Å². The fourth-order valence-corrected chi connectivity index (χ4v) is 4.00. The van der Waals surface area contributed by atoms with Crippen LogP contribution in [0.25, 0.3) is 15.9 Å². The number of thiazole rings is 1. The lowest BCUT2D eigenvalue weighted by atomic mass is 10.1. The van der Waals surface area contributed by atoms with E-state index in [0.29, 0.717) is 6.04 Å². The van der Waals surface area contributed by atoms with E-state index in [1.807, 2.05) is 29.9 Å². The smallest absolute Gasteiger partial charge is 0.0969 e. The van der Waals surface area contributed by atoms with Gasteiger partial charge in [-0.15, -0.1) is 16.4 Å².